The quantitative estimate of drug-likeness (QED) is 0.227. The van der Waals surface area contributed by atoms with Gasteiger partial charge >= 0.3 is 62.6 Å². The number of rotatable bonds is 0. The largest absolute Gasteiger partial charge is 1.00 e. The third kappa shape index (κ3) is 2.32. The molecule has 2 aromatic heterocycles. The van der Waals surface area contributed by atoms with E-state index in [0.717, 1.165) is 12.1 Å². The molecule has 0 saturated carbocycles. The third-order valence-electron chi connectivity index (χ3n) is 2.78. The molecule has 0 spiro atoms. The van der Waals surface area contributed by atoms with Crippen molar-refractivity contribution in [3.63, 3.8) is 0 Å². The van der Waals surface area contributed by atoms with E-state index in [-0.39, 0.29) is 62.4 Å². The topological polar surface area (TPSA) is 144 Å². The Bertz CT molecular complexity index is 985. The Morgan fingerprint density at radius 2 is 1.62 bits per heavy atom. The van der Waals surface area contributed by atoms with Gasteiger partial charge in [0.1, 0.15) is 5.75 Å². The Morgan fingerprint density at radius 3 is 2.29 bits per heavy atom. The zero-order chi connectivity index (χ0) is 14.6. The summed E-state index contributed by atoms with van der Waals surface area (Å²) in [6.45, 7) is 0. The van der Waals surface area contributed by atoms with Crippen LogP contribution in [0.2, 0.25) is 0 Å². The first-order chi connectivity index (χ1) is 9.40. The van der Waals surface area contributed by atoms with E-state index in [1.807, 2.05) is 0 Å². The van der Waals surface area contributed by atoms with Crippen molar-refractivity contribution in [3.05, 3.63) is 33.0 Å². The van der Waals surface area contributed by atoms with Crippen LogP contribution in [0, 0.1) is 0 Å². The molecular formula is C12H5KO8. The summed E-state index contributed by atoms with van der Waals surface area (Å²) in [5.41, 5.74) is -2.86. The molecule has 0 atom stereocenters. The SMILES string of the molecule is O=c1oc2c(cc1O)oc(=O)c1cc(O)c(O)c([O-])c12.[K+]. The predicted molar refractivity (Wildman–Crippen MR) is 63.0 cm³/mol. The number of hydrogen-bond acceptors (Lipinski definition) is 8. The van der Waals surface area contributed by atoms with Crippen molar-refractivity contribution < 1.29 is 80.6 Å². The summed E-state index contributed by atoms with van der Waals surface area (Å²) in [5.74, 6) is -3.67. The van der Waals surface area contributed by atoms with Crippen molar-refractivity contribution in [2.75, 3.05) is 0 Å². The molecule has 3 N–H and O–H groups in total. The van der Waals surface area contributed by atoms with Crippen molar-refractivity contribution in [2.24, 2.45) is 0 Å². The minimum Gasteiger partial charge on any atom is -0.869 e. The van der Waals surface area contributed by atoms with Gasteiger partial charge in [0.05, 0.1) is 5.39 Å². The summed E-state index contributed by atoms with van der Waals surface area (Å²) in [6, 6.07) is 1.65. The van der Waals surface area contributed by atoms with Crippen molar-refractivity contribution in [1.82, 2.24) is 0 Å². The maximum atomic E-state index is 11.9. The van der Waals surface area contributed by atoms with Gasteiger partial charge in [-0.2, -0.15) is 0 Å². The van der Waals surface area contributed by atoms with Gasteiger partial charge in [0.15, 0.2) is 16.9 Å². The van der Waals surface area contributed by atoms with Crippen molar-refractivity contribution >= 4 is 21.9 Å². The fourth-order valence-corrected chi connectivity index (χ4v) is 1.87. The van der Waals surface area contributed by atoms with E-state index in [4.69, 9.17) is 8.83 Å². The maximum Gasteiger partial charge on any atom is 1.00 e. The van der Waals surface area contributed by atoms with Crippen LogP contribution < -0.4 is 67.7 Å². The second-order valence-electron chi connectivity index (χ2n) is 4.00. The number of benzene rings is 1. The van der Waals surface area contributed by atoms with Gasteiger partial charge in [-0.05, 0) is 11.8 Å². The first-order valence-corrected chi connectivity index (χ1v) is 5.25. The van der Waals surface area contributed by atoms with Gasteiger partial charge in [0.25, 0.3) is 0 Å². The molecule has 0 radical (unpaired) electrons. The second kappa shape index (κ2) is 5.35. The Labute approximate surface area is 157 Å². The van der Waals surface area contributed by atoms with Gasteiger partial charge < -0.3 is 29.3 Å². The van der Waals surface area contributed by atoms with Crippen LogP contribution in [0.4, 0.5) is 0 Å². The van der Waals surface area contributed by atoms with E-state index in [1.54, 1.807) is 0 Å². The van der Waals surface area contributed by atoms with Gasteiger partial charge in [0.2, 0.25) is 5.75 Å². The zero-order valence-electron chi connectivity index (χ0n) is 10.5. The monoisotopic (exact) mass is 316 g/mol. The fourth-order valence-electron chi connectivity index (χ4n) is 1.87. The third-order valence-corrected chi connectivity index (χ3v) is 2.78. The second-order valence-corrected chi connectivity index (χ2v) is 4.00. The summed E-state index contributed by atoms with van der Waals surface area (Å²) >= 11 is 0. The Hall–Kier alpha value is -1.52. The van der Waals surface area contributed by atoms with Gasteiger partial charge in [-0.15, -0.1) is 0 Å². The summed E-state index contributed by atoms with van der Waals surface area (Å²) in [4.78, 5) is 23.0. The zero-order valence-corrected chi connectivity index (χ0v) is 13.7. The minimum atomic E-state index is -1.14. The van der Waals surface area contributed by atoms with E-state index in [9.17, 15) is 30.0 Å². The summed E-state index contributed by atoms with van der Waals surface area (Å²) < 4.78 is 9.49. The number of phenols is 2. The van der Waals surface area contributed by atoms with Crippen LogP contribution in [0.1, 0.15) is 0 Å². The Kier molecular flexibility index (Phi) is 4.04. The molecule has 0 fully saturated rings. The summed E-state index contributed by atoms with van der Waals surface area (Å²) in [5, 5.41) is 39.1. The molecule has 3 rings (SSSR count). The molecular weight excluding hydrogens is 311 g/mol. The molecule has 21 heavy (non-hydrogen) atoms. The molecule has 0 saturated heterocycles. The first kappa shape index (κ1) is 15.9. The molecule has 0 amide bonds. The molecule has 3 aromatic rings. The van der Waals surface area contributed by atoms with Gasteiger partial charge in [-0.3, -0.25) is 0 Å². The van der Waals surface area contributed by atoms with Crippen LogP contribution in [0.3, 0.4) is 0 Å². The molecule has 1 aromatic carbocycles. The first-order valence-electron chi connectivity index (χ1n) is 5.25. The minimum absolute atomic E-state index is 0. The van der Waals surface area contributed by atoms with E-state index in [2.05, 4.69) is 0 Å². The predicted octanol–water partition coefficient (Wildman–Crippen LogP) is -2.91. The number of phenolic OH excluding ortho intramolecular Hbond substituents is 2. The summed E-state index contributed by atoms with van der Waals surface area (Å²) in [7, 11) is 0. The smallest absolute Gasteiger partial charge is 0.869 e. The van der Waals surface area contributed by atoms with E-state index in [1.165, 1.54) is 0 Å². The molecule has 0 aliphatic carbocycles. The summed E-state index contributed by atoms with van der Waals surface area (Å²) in [6.07, 6.45) is 0. The van der Waals surface area contributed by atoms with Crippen LogP contribution in [0.5, 0.6) is 23.0 Å². The number of aromatic hydroxyl groups is 3. The fraction of sp³-hybridized carbons (Fsp3) is 0. The Morgan fingerprint density at radius 1 is 0.952 bits per heavy atom. The Balaban J connectivity index is 0.00000161. The van der Waals surface area contributed by atoms with Crippen LogP contribution in [0.15, 0.2) is 30.6 Å². The van der Waals surface area contributed by atoms with E-state index in [0.29, 0.717) is 0 Å². The normalized spacial score (nSPS) is 10.7. The van der Waals surface area contributed by atoms with Gasteiger partial charge in [-0.25, -0.2) is 9.59 Å². The average Bonchev–Trinajstić information content (AvgIpc) is 2.39. The molecule has 9 heteroatoms. The standard InChI is InChI=1S/C12H6O8.K/c13-4-1-3-7(9(16)8(4)15)10-6(19-11(3)17)2-5(14)12(18)20-10;/h1-2,13-16H;/q;+1/p-1. The van der Waals surface area contributed by atoms with Gasteiger partial charge in [-0.1, -0.05) is 0 Å². The van der Waals surface area contributed by atoms with Crippen molar-refractivity contribution in [1.29, 1.82) is 0 Å². The van der Waals surface area contributed by atoms with Crippen LogP contribution >= 0.6 is 0 Å². The van der Waals surface area contributed by atoms with Crippen LogP contribution in [-0.4, -0.2) is 15.3 Å². The van der Waals surface area contributed by atoms with Crippen LogP contribution in [-0.2, 0) is 0 Å². The number of fused-ring (bicyclic) bond motifs is 3. The molecule has 0 aliphatic rings. The molecule has 8 nitrogen and oxygen atoms in total. The van der Waals surface area contributed by atoms with Crippen LogP contribution in [0.25, 0.3) is 21.9 Å². The van der Waals surface area contributed by atoms with Crippen molar-refractivity contribution in [3.8, 4) is 23.0 Å². The van der Waals surface area contributed by atoms with Crippen molar-refractivity contribution in [2.45, 2.75) is 0 Å². The molecule has 102 valence electrons. The number of hydrogen-bond donors (Lipinski definition) is 3. The molecule has 2 heterocycles. The molecule has 0 aliphatic heterocycles. The van der Waals surface area contributed by atoms with E-state index < -0.39 is 45.2 Å². The van der Waals surface area contributed by atoms with E-state index >= 15 is 0 Å². The average molecular weight is 316 g/mol. The maximum absolute atomic E-state index is 11.9. The van der Waals surface area contributed by atoms with Gasteiger partial charge in [0, 0.05) is 11.5 Å². The molecule has 0 unspecified atom stereocenters. The molecule has 0 bridgehead atoms.